The monoisotopic (exact) mass is 323 g/mol. The Labute approximate surface area is 120 Å². The number of benzene rings is 2. The second-order valence-electron chi connectivity index (χ2n) is 4.55. The third kappa shape index (κ3) is 3.26. The lowest BCUT2D eigenvalue weighted by atomic mass is 10.1. The van der Waals surface area contributed by atoms with Crippen LogP contribution in [0.15, 0.2) is 34.8 Å². The number of aromatic hydroxyl groups is 1. The molecule has 0 bridgehead atoms. The summed E-state index contributed by atoms with van der Waals surface area (Å²) in [7, 11) is 0. The van der Waals surface area contributed by atoms with E-state index in [0.717, 1.165) is 26.9 Å². The predicted molar refractivity (Wildman–Crippen MR) is 79.0 cm³/mol. The van der Waals surface area contributed by atoms with E-state index in [4.69, 9.17) is 5.11 Å². The smallest absolute Gasteiger partial charge is 0.165 e. The molecule has 2 nitrogen and oxygen atoms in total. The molecule has 0 aromatic heterocycles. The van der Waals surface area contributed by atoms with Gasteiger partial charge in [0.1, 0.15) is 0 Å². The molecule has 0 unspecified atom stereocenters. The van der Waals surface area contributed by atoms with E-state index >= 15 is 0 Å². The second-order valence-corrected chi connectivity index (χ2v) is 5.47. The molecule has 2 rings (SSSR count). The molecule has 19 heavy (non-hydrogen) atoms. The van der Waals surface area contributed by atoms with Gasteiger partial charge in [0.2, 0.25) is 0 Å². The van der Waals surface area contributed by atoms with Gasteiger partial charge in [-0.1, -0.05) is 22.0 Å². The van der Waals surface area contributed by atoms with Crippen molar-refractivity contribution in [2.24, 2.45) is 0 Å². The number of hydrogen-bond acceptors (Lipinski definition) is 2. The highest BCUT2D eigenvalue weighted by Crippen LogP contribution is 2.26. The van der Waals surface area contributed by atoms with Crippen molar-refractivity contribution in [3.05, 3.63) is 57.3 Å². The first kappa shape index (κ1) is 13.9. The molecule has 0 saturated carbocycles. The molecule has 0 atom stereocenters. The van der Waals surface area contributed by atoms with Gasteiger partial charge in [-0.05, 0) is 54.8 Å². The Balaban J connectivity index is 2.16. The number of anilines is 1. The number of halogens is 2. The number of rotatable bonds is 3. The average Bonchev–Trinajstić information content (AvgIpc) is 2.32. The first-order valence-electron chi connectivity index (χ1n) is 5.95. The molecule has 0 aliphatic heterocycles. The van der Waals surface area contributed by atoms with Crippen molar-refractivity contribution in [2.75, 3.05) is 5.32 Å². The topological polar surface area (TPSA) is 32.3 Å². The van der Waals surface area contributed by atoms with E-state index in [-0.39, 0.29) is 5.75 Å². The molecule has 0 fully saturated rings. The highest BCUT2D eigenvalue weighted by Gasteiger charge is 2.05. The van der Waals surface area contributed by atoms with Gasteiger partial charge < -0.3 is 10.4 Å². The van der Waals surface area contributed by atoms with Gasteiger partial charge in [0.25, 0.3) is 0 Å². The van der Waals surface area contributed by atoms with Crippen molar-refractivity contribution in [1.82, 2.24) is 0 Å². The highest BCUT2D eigenvalue weighted by molar-refractivity contribution is 9.10. The molecule has 100 valence electrons. The van der Waals surface area contributed by atoms with Crippen molar-refractivity contribution >= 4 is 21.6 Å². The number of phenolic OH excluding ortho intramolecular Hbond substituents is 1. The SMILES string of the molecule is Cc1cc(Br)cc(C)c1NCc1ccc(O)c(F)c1. The maximum atomic E-state index is 13.2. The Hall–Kier alpha value is -1.55. The van der Waals surface area contributed by atoms with Gasteiger partial charge in [-0.3, -0.25) is 0 Å². The zero-order valence-electron chi connectivity index (χ0n) is 10.8. The van der Waals surface area contributed by atoms with Gasteiger partial charge in [-0.15, -0.1) is 0 Å². The Morgan fingerprint density at radius 1 is 1.16 bits per heavy atom. The minimum Gasteiger partial charge on any atom is -0.505 e. The van der Waals surface area contributed by atoms with Crippen molar-refractivity contribution in [1.29, 1.82) is 0 Å². The fourth-order valence-corrected chi connectivity index (χ4v) is 2.73. The molecule has 0 spiro atoms. The van der Waals surface area contributed by atoms with E-state index < -0.39 is 5.82 Å². The van der Waals surface area contributed by atoms with Crippen LogP contribution in [-0.4, -0.2) is 5.11 Å². The normalized spacial score (nSPS) is 10.5. The Morgan fingerprint density at radius 2 is 1.79 bits per heavy atom. The summed E-state index contributed by atoms with van der Waals surface area (Å²) < 4.78 is 14.3. The summed E-state index contributed by atoms with van der Waals surface area (Å²) in [5.74, 6) is -0.914. The molecule has 0 heterocycles. The molecular weight excluding hydrogens is 309 g/mol. The fourth-order valence-electron chi connectivity index (χ4n) is 2.04. The van der Waals surface area contributed by atoms with E-state index in [1.807, 2.05) is 26.0 Å². The molecular formula is C15H15BrFNO. The van der Waals surface area contributed by atoms with Gasteiger partial charge >= 0.3 is 0 Å². The molecule has 4 heteroatoms. The van der Waals surface area contributed by atoms with Gasteiger partial charge in [0.05, 0.1) is 0 Å². The minimum absolute atomic E-state index is 0.320. The van der Waals surface area contributed by atoms with Crippen LogP contribution < -0.4 is 5.32 Å². The lowest BCUT2D eigenvalue weighted by Crippen LogP contribution is -2.03. The summed E-state index contributed by atoms with van der Waals surface area (Å²) >= 11 is 3.46. The van der Waals surface area contributed by atoms with E-state index in [1.54, 1.807) is 6.07 Å². The largest absolute Gasteiger partial charge is 0.505 e. The fraction of sp³-hybridized carbons (Fsp3) is 0.200. The third-order valence-corrected chi connectivity index (χ3v) is 3.44. The van der Waals surface area contributed by atoms with Crippen LogP contribution in [0.25, 0.3) is 0 Å². The van der Waals surface area contributed by atoms with Crippen LogP contribution in [0.1, 0.15) is 16.7 Å². The van der Waals surface area contributed by atoms with Crippen LogP contribution in [-0.2, 0) is 6.54 Å². The summed E-state index contributed by atoms with van der Waals surface area (Å²) in [5, 5.41) is 12.4. The molecule has 2 aromatic carbocycles. The number of nitrogens with one attached hydrogen (secondary N) is 1. The number of aryl methyl sites for hydroxylation is 2. The van der Waals surface area contributed by atoms with E-state index in [9.17, 15) is 4.39 Å². The second kappa shape index (κ2) is 5.61. The van der Waals surface area contributed by atoms with Gasteiger partial charge in [-0.25, -0.2) is 4.39 Å². The van der Waals surface area contributed by atoms with Crippen molar-refractivity contribution in [2.45, 2.75) is 20.4 Å². The summed E-state index contributed by atoms with van der Waals surface area (Å²) in [6.07, 6.45) is 0. The minimum atomic E-state index is -0.594. The highest BCUT2D eigenvalue weighted by atomic mass is 79.9. The van der Waals surface area contributed by atoms with Crippen molar-refractivity contribution in [3.8, 4) is 5.75 Å². The van der Waals surface area contributed by atoms with Crippen LogP contribution in [0.5, 0.6) is 5.75 Å². The van der Waals surface area contributed by atoms with Crippen LogP contribution in [0.2, 0.25) is 0 Å². The van der Waals surface area contributed by atoms with E-state index in [0.29, 0.717) is 6.54 Å². The molecule has 2 aromatic rings. The van der Waals surface area contributed by atoms with Crippen LogP contribution in [0.4, 0.5) is 10.1 Å². The molecule has 2 N–H and O–H groups in total. The average molecular weight is 324 g/mol. The van der Waals surface area contributed by atoms with Crippen molar-refractivity contribution in [3.63, 3.8) is 0 Å². The van der Waals surface area contributed by atoms with Crippen LogP contribution in [0, 0.1) is 19.7 Å². The van der Waals surface area contributed by atoms with Gasteiger partial charge in [0.15, 0.2) is 11.6 Å². The molecule has 0 aliphatic rings. The summed E-state index contributed by atoms with van der Waals surface area (Å²) in [6.45, 7) is 4.56. The van der Waals surface area contributed by atoms with E-state index in [2.05, 4.69) is 21.2 Å². The summed E-state index contributed by atoms with van der Waals surface area (Å²) in [5.41, 5.74) is 4.10. The maximum absolute atomic E-state index is 13.2. The predicted octanol–water partition coefficient (Wildman–Crippen LogP) is 4.52. The zero-order chi connectivity index (χ0) is 14.0. The third-order valence-electron chi connectivity index (χ3n) is 2.98. The van der Waals surface area contributed by atoms with Crippen LogP contribution >= 0.6 is 15.9 Å². The van der Waals surface area contributed by atoms with Crippen molar-refractivity contribution < 1.29 is 9.50 Å². The zero-order valence-corrected chi connectivity index (χ0v) is 12.4. The Bertz CT molecular complexity index is 590. The van der Waals surface area contributed by atoms with E-state index in [1.165, 1.54) is 12.1 Å². The van der Waals surface area contributed by atoms with Gasteiger partial charge in [-0.2, -0.15) is 0 Å². The van der Waals surface area contributed by atoms with Gasteiger partial charge in [0, 0.05) is 16.7 Å². The first-order valence-corrected chi connectivity index (χ1v) is 6.74. The molecule has 0 aliphatic carbocycles. The lowest BCUT2D eigenvalue weighted by molar-refractivity contribution is 0.432. The Morgan fingerprint density at radius 3 is 2.37 bits per heavy atom. The Kier molecular flexibility index (Phi) is 4.10. The molecule has 0 radical (unpaired) electrons. The number of phenols is 1. The standard InChI is InChI=1S/C15H15BrFNO/c1-9-5-12(16)6-10(2)15(9)18-8-11-3-4-14(19)13(17)7-11/h3-7,18-19H,8H2,1-2H3. The quantitative estimate of drug-likeness (QED) is 0.870. The lowest BCUT2D eigenvalue weighted by Gasteiger charge is -2.13. The molecule has 0 saturated heterocycles. The number of hydrogen-bond donors (Lipinski definition) is 2. The summed E-state index contributed by atoms with van der Waals surface area (Å²) in [4.78, 5) is 0. The van der Waals surface area contributed by atoms with Crippen LogP contribution in [0.3, 0.4) is 0 Å². The summed E-state index contributed by atoms with van der Waals surface area (Å²) in [6, 6.07) is 8.48. The maximum Gasteiger partial charge on any atom is 0.165 e. The molecule has 0 amide bonds. The first-order chi connectivity index (χ1) is 8.97.